The van der Waals surface area contributed by atoms with Crippen molar-refractivity contribution in [2.45, 2.75) is 51.5 Å². The Bertz CT molecular complexity index is 417. The molecule has 0 spiro atoms. The zero-order valence-electron chi connectivity index (χ0n) is 12.0. The van der Waals surface area contributed by atoms with Gasteiger partial charge in [0.05, 0.1) is 0 Å². The fraction of sp³-hybridized carbons (Fsp3) is 0.500. The van der Waals surface area contributed by atoms with Crippen molar-refractivity contribution in [2.24, 2.45) is 0 Å². The number of carboxylic acids is 1. The summed E-state index contributed by atoms with van der Waals surface area (Å²) in [6.45, 7) is 2.00. The number of aryl methyl sites for hydroxylation is 1. The molecule has 0 aliphatic rings. The van der Waals surface area contributed by atoms with E-state index < -0.39 is 12.0 Å². The topological polar surface area (TPSA) is 66.4 Å². The van der Waals surface area contributed by atoms with Crippen molar-refractivity contribution in [3.05, 3.63) is 35.9 Å². The van der Waals surface area contributed by atoms with E-state index in [0.717, 1.165) is 25.7 Å². The molecule has 1 atom stereocenters. The van der Waals surface area contributed by atoms with Gasteiger partial charge in [0, 0.05) is 6.42 Å². The second-order valence-electron chi connectivity index (χ2n) is 4.94. The number of carbonyl (C=O) groups is 2. The second kappa shape index (κ2) is 9.13. The van der Waals surface area contributed by atoms with Crippen LogP contribution >= 0.6 is 0 Å². The van der Waals surface area contributed by atoms with Crippen LogP contribution < -0.4 is 5.32 Å². The summed E-state index contributed by atoms with van der Waals surface area (Å²) in [4.78, 5) is 22.8. The summed E-state index contributed by atoms with van der Waals surface area (Å²) >= 11 is 0. The van der Waals surface area contributed by atoms with E-state index in [1.54, 1.807) is 0 Å². The summed E-state index contributed by atoms with van der Waals surface area (Å²) in [6.07, 6.45) is 4.16. The van der Waals surface area contributed by atoms with Gasteiger partial charge >= 0.3 is 5.97 Å². The Hall–Kier alpha value is -1.84. The lowest BCUT2D eigenvalue weighted by Gasteiger charge is -2.14. The van der Waals surface area contributed by atoms with Gasteiger partial charge in [0.25, 0.3) is 0 Å². The molecule has 1 amide bonds. The van der Waals surface area contributed by atoms with Crippen LogP contribution in [0.5, 0.6) is 0 Å². The van der Waals surface area contributed by atoms with Crippen LogP contribution in [0, 0.1) is 0 Å². The highest BCUT2D eigenvalue weighted by Crippen LogP contribution is 2.06. The zero-order chi connectivity index (χ0) is 14.8. The van der Waals surface area contributed by atoms with Crippen LogP contribution in [0.1, 0.15) is 44.6 Å². The third kappa shape index (κ3) is 6.36. The first-order chi connectivity index (χ1) is 9.63. The summed E-state index contributed by atoms with van der Waals surface area (Å²) in [5.74, 6) is -1.13. The van der Waals surface area contributed by atoms with Gasteiger partial charge in [-0.25, -0.2) is 4.79 Å². The molecule has 0 heterocycles. The van der Waals surface area contributed by atoms with E-state index in [9.17, 15) is 9.59 Å². The van der Waals surface area contributed by atoms with Gasteiger partial charge in [0.2, 0.25) is 5.91 Å². The van der Waals surface area contributed by atoms with Crippen LogP contribution in [0.4, 0.5) is 0 Å². The standard InChI is InChI=1S/C16H23NO3/c1-2-3-11-14(16(19)20)17-15(18)12-7-10-13-8-5-4-6-9-13/h4-6,8-9,14H,2-3,7,10-12H2,1H3,(H,17,18)(H,19,20)/t14-/m0/s1. The second-order valence-corrected chi connectivity index (χ2v) is 4.94. The Kier molecular flexibility index (Phi) is 7.40. The number of carbonyl (C=O) groups excluding carboxylic acids is 1. The smallest absolute Gasteiger partial charge is 0.326 e. The highest BCUT2D eigenvalue weighted by molar-refractivity contribution is 5.83. The van der Waals surface area contributed by atoms with Crippen LogP contribution in [0.25, 0.3) is 0 Å². The number of amides is 1. The van der Waals surface area contributed by atoms with Crippen molar-refractivity contribution in [2.75, 3.05) is 0 Å². The third-order valence-corrected chi connectivity index (χ3v) is 3.19. The molecular weight excluding hydrogens is 254 g/mol. The van der Waals surface area contributed by atoms with Gasteiger partial charge in [-0.1, -0.05) is 50.1 Å². The maximum absolute atomic E-state index is 11.7. The van der Waals surface area contributed by atoms with E-state index in [1.165, 1.54) is 5.56 Å². The number of carboxylic acid groups (broad SMARTS) is 1. The quantitative estimate of drug-likeness (QED) is 0.729. The number of hydrogen-bond acceptors (Lipinski definition) is 2. The number of rotatable bonds is 9. The lowest BCUT2D eigenvalue weighted by Crippen LogP contribution is -2.40. The Morgan fingerprint density at radius 2 is 1.90 bits per heavy atom. The van der Waals surface area contributed by atoms with E-state index in [-0.39, 0.29) is 5.91 Å². The normalized spacial score (nSPS) is 11.8. The molecule has 1 aromatic carbocycles. The Labute approximate surface area is 120 Å². The van der Waals surface area contributed by atoms with Crippen molar-refractivity contribution < 1.29 is 14.7 Å². The molecule has 2 N–H and O–H groups in total. The molecule has 0 radical (unpaired) electrons. The van der Waals surface area contributed by atoms with Gasteiger partial charge < -0.3 is 10.4 Å². The number of nitrogens with one attached hydrogen (secondary N) is 1. The highest BCUT2D eigenvalue weighted by atomic mass is 16.4. The number of aliphatic carboxylic acids is 1. The highest BCUT2D eigenvalue weighted by Gasteiger charge is 2.18. The van der Waals surface area contributed by atoms with E-state index in [0.29, 0.717) is 12.8 Å². The molecule has 0 aliphatic heterocycles. The lowest BCUT2D eigenvalue weighted by molar-refractivity contribution is -0.142. The minimum absolute atomic E-state index is 0.176. The summed E-state index contributed by atoms with van der Waals surface area (Å²) < 4.78 is 0. The molecule has 1 rings (SSSR count). The fourth-order valence-corrected chi connectivity index (χ4v) is 2.03. The molecule has 110 valence electrons. The molecule has 0 bridgehead atoms. The van der Waals surface area contributed by atoms with Crippen molar-refractivity contribution in [1.29, 1.82) is 0 Å². The van der Waals surface area contributed by atoms with Gasteiger partial charge in [-0.2, -0.15) is 0 Å². The molecule has 0 unspecified atom stereocenters. The van der Waals surface area contributed by atoms with Gasteiger partial charge in [-0.3, -0.25) is 4.79 Å². The molecular formula is C16H23NO3. The maximum atomic E-state index is 11.7. The first-order valence-electron chi connectivity index (χ1n) is 7.19. The molecule has 0 aromatic heterocycles. The number of benzene rings is 1. The van der Waals surface area contributed by atoms with Gasteiger partial charge in [0.1, 0.15) is 6.04 Å². The predicted octanol–water partition coefficient (Wildman–Crippen LogP) is 2.77. The average Bonchev–Trinajstić information content (AvgIpc) is 2.44. The first kappa shape index (κ1) is 16.2. The van der Waals surface area contributed by atoms with Crippen molar-refractivity contribution in [3.63, 3.8) is 0 Å². The average molecular weight is 277 g/mol. The zero-order valence-corrected chi connectivity index (χ0v) is 12.0. The molecule has 1 aromatic rings. The van der Waals surface area contributed by atoms with Crippen LogP contribution in [0.2, 0.25) is 0 Å². The lowest BCUT2D eigenvalue weighted by atomic mass is 10.1. The third-order valence-electron chi connectivity index (χ3n) is 3.19. The maximum Gasteiger partial charge on any atom is 0.326 e. The molecule has 0 fully saturated rings. The first-order valence-corrected chi connectivity index (χ1v) is 7.19. The summed E-state index contributed by atoms with van der Waals surface area (Å²) in [5.41, 5.74) is 1.20. The predicted molar refractivity (Wildman–Crippen MR) is 78.5 cm³/mol. The van der Waals surface area contributed by atoms with Crippen molar-refractivity contribution in [1.82, 2.24) is 5.32 Å². The number of unbranched alkanes of at least 4 members (excludes halogenated alkanes) is 1. The van der Waals surface area contributed by atoms with E-state index in [4.69, 9.17) is 5.11 Å². The molecule has 4 nitrogen and oxygen atoms in total. The minimum atomic E-state index is -0.949. The van der Waals surface area contributed by atoms with Gasteiger partial charge in [0.15, 0.2) is 0 Å². The number of hydrogen-bond donors (Lipinski definition) is 2. The summed E-state index contributed by atoms with van der Waals surface area (Å²) in [5, 5.41) is 11.6. The van der Waals surface area contributed by atoms with Crippen molar-refractivity contribution in [3.8, 4) is 0 Å². The van der Waals surface area contributed by atoms with Crippen LogP contribution in [-0.4, -0.2) is 23.0 Å². The molecule has 0 saturated carbocycles. The van der Waals surface area contributed by atoms with Gasteiger partial charge in [-0.05, 0) is 24.8 Å². The van der Waals surface area contributed by atoms with Gasteiger partial charge in [-0.15, -0.1) is 0 Å². The Morgan fingerprint density at radius 3 is 2.50 bits per heavy atom. The SMILES string of the molecule is CCCC[C@H](NC(=O)CCCc1ccccc1)C(=O)O. The summed E-state index contributed by atoms with van der Waals surface area (Å²) in [7, 11) is 0. The van der Waals surface area contributed by atoms with Crippen LogP contribution in [0.3, 0.4) is 0 Å². The van der Waals surface area contributed by atoms with Crippen LogP contribution in [-0.2, 0) is 16.0 Å². The van der Waals surface area contributed by atoms with E-state index in [1.807, 2.05) is 37.3 Å². The molecule has 0 aliphatic carbocycles. The monoisotopic (exact) mass is 277 g/mol. The largest absolute Gasteiger partial charge is 0.480 e. The van der Waals surface area contributed by atoms with E-state index >= 15 is 0 Å². The molecule has 0 saturated heterocycles. The minimum Gasteiger partial charge on any atom is -0.480 e. The Balaban J connectivity index is 2.29. The fourth-order valence-electron chi connectivity index (χ4n) is 2.03. The van der Waals surface area contributed by atoms with E-state index in [2.05, 4.69) is 5.32 Å². The summed E-state index contributed by atoms with van der Waals surface area (Å²) in [6, 6.07) is 9.21. The van der Waals surface area contributed by atoms with Crippen molar-refractivity contribution >= 4 is 11.9 Å². The van der Waals surface area contributed by atoms with Crippen LogP contribution in [0.15, 0.2) is 30.3 Å². The Morgan fingerprint density at radius 1 is 1.20 bits per heavy atom. The molecule has 4 heteroatoms. The molecule has 20 heavy (non-hydrogen) atoms.